The molecule has 0 bridgehead atoms. The van der Waals surface area contributed by atoms with Crippen molar-refractivity contribution in [1.29, 1.82) is 0 Å². The molecule has 1 amide bonds. The lowest BCUT2D eigenvalue weighted by Crippen LogP contribution is -2.43. The van der Waals surface area contributed by atoms with Gasteiger partial charge in [0, 0.05) is 6.04 Å². The minimum Gasteiger partial charge on any atom is -0.483 e. The summed E-state index contributed by atoms with van der Waals surface area (Å²) in [5.41, 5.74) is 3.09. The van der Waals surface area contributed by atoms with Crippen LogP contribution in [0.25, 0.3) is 0 Å². The second kappa shape index (κ2) is 7.76. The maximum Gasteiger partial charge on any atom is 0.261 e. The molecule has 2 heterocycles. The molecule has 1 aromatic carbocycles. The van der Waals surface area contributed by atoms with Gasteiger partial charge in [-0.05, 0) is 50.5 Å². The molecule has 2 aromatic rings. The summed E-state index contributed by atoms with van der Waals surface area (Å²) in [6.45, 7) is 6.01. The van der Waals surface area contributed by atoms with Crippen LogP contribution in [0.2, 0.25) is 0 Å². The fourth-order valence-electron chi connectivity index (χ4n) is 3.62. The molecule has 27 heavy (non-hydrogen) atoms. The van der Waals surface area contributed by atoms with E-state index in [1.807, 2.05) is 32.9 Å². The lowest BCUT2D eigenvalue weighted by molar-refractivity contribution is -0.136. The Morgan fingerprint density at radius 1 is 1.26 bits per heavy atom. The molecule has 3 rings (SSSR count). The van der Waals surface area contributed by atoms with Gasteiger partial charge in [0.2, 0.25) is 0 Å². The van der Waals surface area contributed by atoms with E-state index < -0.39 is 9.84 Å². The maximum absolute atomic E-state index is 12.9. The predicted molar refractivity (Wildman–Crippen MR) is 102 cm³/mol. The highest BCUT2D eigenvalue weighted by atomic mass is 32.2. The second-order valence-electron chi connectivity index (χ2n) is 7.17. The Morgan fingerprint density at radius 2 is 1.96 bits per heavy atom. The summed E-state index contributed by atoms with van der Waals surface area (Å²) in [5, 5.41) is 0. The van der Waals surface area contributed by atoms with Gasteiger partial charge in [0.15, 0.2) is 16.4 Å². The van der Waals surface area contributed by atoms with E-state index in [-0.39, 0.29) is 36.6 Å². The Balaban J connectivity index is 1.75. The Kier molecular flexibility index (Phi) is 5.60. The van der Waals surface area contributed by atoms with Crippen molar-refractivity contribution in [2.24, 2.45) is 0 Å². The van der Waals surface area contributed by atoms with Crippen molar-refractivity contribution in [2.45, 2.75) is 39.8 Å². The van der Waals surface area contributed by atoms with E-state index in [0.717, 1.165) is 16.7 Å². The van der Waals surface area contributed by atoms with Gasteiger partial charge in [-0.1, -0.05) is 17.7 Å². The quantitative estimate of drug-likeness (QED) is 0.757. The summed E-state index contributed by atoms with van der Waals surface area (Å²) in [6, 6.07) is 7.20. The number of amides is 1. The van der Waals surface area contributed by atoms with Crippen LogP contribution in [0.4, 0.5) is 0 Å². The van der Waals surface area contributed by atoms with Crippen molar-refractivity contribution in [3.8, 4) is 5.75 Å². The average Bonchev–Trinajstić information content (AvgIpc) is 3.20. The van der Waals surface area contributed by atoms with E-state index in [4.69, 9.17) is 9.15 Å². The van der Waals surface area contributed by atoms with E-state index in [9.17, 15) is 13.2 Å². The zero-order chi connectivity index (χ0) is 19.6. The first kappa shape index (κ1) is 19.5. The molecule has 1 saturated heterocycles. The lowest BCUT2D eigenvalue weighted by Gasteiger charge is -2.27. The van der Waals surface area contributed by atoms with Crippen LogP contribution in [0.1, 0.15) is 28.9 Å². The standard InChI is InChI=1S/C20H25NO5S/c1-14-9-15(2)20(16(3)10-14)26-12-19(22)21(11-18-5-4-7-25-18)17-6-8-27(23,24)13-17/h4-5,7,9-10,17H,6,8,11-13H2,1-3H3. The number of aryl methyl sites for hydroxylation is 3. The van der Waals surface area contributed by atoms with Crippen molar-refractivity contribution in [3.63, 3.8) is 0 Å². The Morgan fingerprint density at radius 3 is 2.52 bits per heavy atom. The maximum atomic E-state index is 12.9. The Labute approximate surface area is 160 Å². The smallest absolute Gasteiger partial charge is 0.261 e. The van der Waals surface area contributed by atoms with Gasteiger partial charge < -0.3 is 14.1 Å². The van der Waals surface area contributed by atoms with Gasteiger partial charge in [0.25, 0.3) is 5.91 Å². The molecule has 0 spiro atoms. The van der Waals surface area contributed by atoms with Crippen molar-refractivity contribution in [1.82, 2.24) is 4.90 Å². The molecular formula is C20H25NO5S. The highest BCUT2D eigenvalue weighted by Crippen LogP contribution is 2.25. The largest absolute Gasteiger partial charge is 0.483 e. The Bertz CT molecular complexity index is 895. The summed E-state index contributed by atoms with van der Waals surface area (Å²) in [5.74, 6) is 1.17. The zero-order valence-electron chi connectivity index (χ0n) is 15.9. The van der Waals surface area contributed by atoms with Crippen molar-refractivity contribution >= 4 is 15.7 Å². The van der Waals surface area contributed by atoms with E-state index in [2.05, 4.69) is 0 Å². The summed E-state index contributed by atoms with van der Waals surface area (Å²) < 4.78 is 34.9. The van der Waals surface area contributed by atoms with Gasteiger partial charge in [0.05, 0.1) is 24.3 Å². The third-order valence-electron chi connectivity index (χ3n) is 4.82. The van der Waals surface area contributed by atoms with Crippen molar-refractivity contribution in [2.75, 3.05) is 18.1 Å². The molecule has 0 N–H and O–H groups in total. The van der Waals surface area contributed by atoms with Crippen molar-refractivity contribution < 1.29 is 22.4 Å². The van der Waals surface area contributed by atoms with E-state index in [0.29, 0.717) is 17.9 Å². The number of sulfone groups is 1. The van der Waals surface area contributed by atoms with Crippen LogP contribution in [0.5, 0.6) is 5.75 Å². The van der Waals surface area contributed by atoms with Gasteiger partial charge >= 0.3 is 0 Å². The lowest BCUT2D eigenvalue weighted by atomic mass is 10.1. The molecule has 6 nitrogen and oxygen atoms in total. The zero-order valence-corrected chi connectivity index (χ0v) is 16.7. The molecule has 0 radical (unpaired) electrons. The fraction of sp³-hybridized carbons (Fsp3) is 0.450. The number of carbonyl (C=O) groups is 1. The number of hydrogen-bond donors (Lipinski definition) is 0. The minimum absolute atomic E-state index is 0.0119. The molecule has 0 aliphatic carbocycles. The number of furan rings is 1. The first-order valence-electron chi connectivity index (χ1n) is 8.98. The summed E-state index contributed by atoms with van der Waals surface area (Å²) in [6.07, 6.45) is 1.98. The van der Waals surface area contributed by atoms with Crippen LogP contribution in [-0.2, 0) is 21.2 Å². The normalized spacial score (nSPS) is 18.4. The van der Waals surface area contributed by atoms with Crippen LogP contribution in [0.3, 0.4) is 0 Å². The van der Waals surface area contributed by atoms with Gasteiger partial charge in [0.1, 0.15) is 11.5 Å². The van der Waals surface area contributed by atoms with Crippen molar-refractivity contribution in [3.05, 3.63) is 53.0 Å². The Hall–Kier alpha value is -2.28. The summed E-state index contributed by atoms with van der Waals surface area (Å²) in [7, 11) is -3.10. The van der Waals surface area contributed by atoms with Gasteiger partial charge in [-0.25, -0.2) is 8.42 Å². The first-order chi connectivity index (χ1) is 12.7. The molecular weight excluding hydrogens is 366 g/mol. The monoisotopic (exact) mass is 391 g/mol. The van der Waals surface area contributed by atoms with Gasteiger partial charge in [-0.3, -0.25) is 4.79 Å². The molecule has 1 aliphatic heterocycles. The van der Waals surface area contributed by atoms with Gasteiger partial charge in [-0.2, -0.15) is 0 Å². The van der Waals surface area contributed by atoms with Crippen LogP contribution in [0.15, 0.2) is 34.9 Å². The molecule has 1 aliphatic rings. The molecule has 7 heteroatoms. The van der Waals surface area contributed by atoms with Crippen LogP contribution in [-0.4, -0.2) is 43.4 Å². The van der Waals surface area contributed by atoms with E-state index >= 15 is 0 Å². The average molecular weight is 391 g/mol. The van der Waals surface area contributed by atoms with Crippen LogP contribution >= 0.6 is 0 Å². The molecule has 1 atom stereocenters. The highest BCUT2D eigenvalue weighted by molar-refractivity contribution is 7.91. The van der Waals surface area contributed by atoms with Crippen LogP contribution < -0.4 is 4.74 Å². The number of carbonyl (C=O) groups excluding carboxylic acids is 1. The van der Waals surface area contributed by atoms with E-state index in [1.165, 1.54) is 0 Å². The molecule has 1 aromatic heterocycles. The summed E-state index contributed by atoms with van der Waals surface area (Å²) in [4.78, 5) is 14.5. The summed E-state index contributed by atoms with van der Waals surface area (Å²) >= 11 is 0. The SMILES string of the molecule is Cc1cc(C)c(OCC(=O)N(Cc2ccco2)C2CCS(=O)(=O)C2)c(C)c1. The number of nitrogens with zero attached hydrogens (tertiary/aromatic N) is 1. The molecule has 1 unspecified atom stereocenters. The number of rotatable bonds is 6. The highest BCUT2D eigenvalue weighted by Gasteiger charge is 2.35. The minimum atomic E-state index is -3.10. The number of benzene rings is 1. The number of hydrogen-bond acceptors (Lipinski definition) is 5. The number of ether oxygens (including phenoxy) is 1. The first-order valence-corrected chi connectivity index (χ1v) is 10.8. The fourth-order valence-corrected chi connectivity index (χ4v) is 5.35. The second-order valence-corrected chi connectivity index (χ2v) is 9.40. The predicted octanol–water partition coefficient (Wildman–Crippen LogP) is 2.80. The molecule has 0 saturated carbocycles. The van der Waals surface area contributed by atoms with Gasteiger partial charge in [-0.15, -0.1) is 0 Å². The third-order valence-corrected chi connectivity index (χ3v) is 6.57. The van der Waals surface area contributed by atoms with Crippen LogP contribution in [0, 0.1) is 20.8 Å². The molecule has 1 fully saturated rings. The van der Waals surface area contributed by atoms with E-state index in [1.54, 1.807) is 23.3 Å². The third kappa shape index (κ3) is 4.71. The topological polar surface area (TPSA) is 76.8 Å². The molecule has 146 valence electrons.